The van der Waals surface area contributed by atoms with Crippen LogP contribution in [0, 0.1) is 0 Å². The molecular formula is C23H36O3. The van der Waals surface area contributed by atoms with Gasteiger partial charge in [-0.15, -0.1) is 0 Å². The maximum atomic E-state index is 10.5. The lowest BCUT2D eigenvalue weighted by Gasteiger charge is -2.06. The predicted octanol–water partition coefficient (Wildman–Crippen LogP) is 6.86. The van der Waals surface area contributed by atoms with E-state index in [0.29, 0.717) is 0 Å². The normalized spacial score (nSPS) is 11.1. The van der Waals surface area contributed by atoms with Crippen molar-refractivity contribution in [3.63, 3.8) is 0 Å². The zero-order chi connectivity index (χ0) is 18.9. The van der Waals surface area contributed by atoms with Crippen molar-refractivity contribution >= 4 is 12.0 Å². The topological polar surface area (TPSA) is 46.5 Å². The van der Waals surface area contributed by atoms with Gasteiger partial charge in [0.2, 0.25) is 0 Å². The number of aliphatic carboxylic acids is 1. The van der Waals surface area contributed by atoms with Crippen molar-refractivity contribution in [2.45, 2.75) is 84.0 Å². The molecule has 3 nitrogen and oxygen atoms in total. The van der Waals surface area contributed by atoms with Crippen LogP contribution in [0.3, 0.4) is 0 Å². The molecule has 1 aromatic rings. The van der Waals surface area contributed by atoms with Crippen LogP contribution in [0.1, 0.15) is 89.5 Å². The van der Waals surface area contributed by atoms with E-state index in [-0.39, 0.29) is 0 Å². The van der Waals surface area contributed by atoms with Gasteiger partial charge in [-0.25, -0.2) is 4.79 Å². The van der Waals surface area contributed by atoms with Gasteiger partial charge in [0, 0.05) is 6.08 Å². The molecule has 0 aromatic heterocycles. The Balaban J connectivity index is 1.93. The molecule has 1 N–H and O–H groups in total. The summed E-state index contributed by atoms with van der Waals surface area (Å²) < 4.78 is 5.74. The summed E-state index contributed by atoms with van der Waals surface area (Å²) in [7, 11) is 0. The van der Waals surface area contributed by atoms with E-state index in [2.05, 4.69) is 6.92 Å². The number of unbranched alkanes of at least 4 members (excludes halogenated alkanes) is 11. The third-order valence-corrected chi connectivity index (χ3v) is 4.57. The molecule has 0 unspecified atom stereocenters. The first-order valence-corrected chi connectivity index (χ1v) is 10.4. The zero-order valence-corrected chi connectivity index (χ0v) is 16.4. The zero-order valence-electron chi connectivity index (χ0n) is 16.4. The fourth-order valence-corrected chi connectivity index (χ4v) is 2.98. The number of rotatable bonds is 16. The molecule has 0 bridgehead atoms. The largest absolute Gasteiger partial charge is 0.494 e. The molecule has 0 aliphatic carbocycles. The summed E-state index contributed by atoms with van der Waals surface area (Å²) in [6.07, 6.45) is 18.9. The summed E-state index contributed by atoms with van der Waals surface area (Å²) in [6, 6.07) is 7.53. The summed E-state index contributed by atoms with van der Waals surface area (Å²) in [5.41, 5.74) is 0.866. The van der Waals surface area contributed by atoms with Gasteiger partial charge in [0.1, 0.15) is 5.75 Å². The molecule has 0 aliphatic heterocycles. The van der Waals surface area contributed by atoms with E-state index in [1.54, 1.807) is 6.08 Å². The quantitative estimate of drug-likeness (QED) is 0.258. The SMILES string of the molecule is CCCCCCCCCCCCCCOc1ccc(/C=C/C(=O)O)cc1. The fraction of sp³-hybridized carbons (Fsp3) is 0.609. The first kappa shape index (κ1) is 22.3. The van der Waals surface area contributed by atoms with Crippen LogP contribution in [0.4, 0.5) is 0 Å². The average molecular weight is 361 g/mol. The number of carboxylic acids is 1. The van der Waals surface area contributed by atoms with E-state index >= 15 is 0 Å². The Bertz CT molecular complexity index is 491. The van der Waals surface area contributed by atoms with E-state index in [4.69, 9.17) is 9.84 Å². The molecule has 0 saturated carbocycles. The second-order valence-electron chi connectivity index (χ2n) is 6.98. The molecule has 0 aliphatic rings. The molecule has 146 valence electrons. The standard InChI is InChI=1S/C23H36O3/c1-2-3-4-5-6-7-8-9-10-11-12-13-20-26-22-17-14-21(15-18-22)16-19-23(24)25/h14-19H,2-13,20H2,1H3,(H,24,25)/b19-16+. The summed E-state index contributed by atoms with van der Waals surface area (Å²) >= 11 is 0. The number of benzene rings is 1. The van der Waals surface area contributed by atoms with Crippen molar-refractivity contribution in [3.8, 4) is 5.75 Å². The van der Waals surface area contributed by atoms with Gasteiger partial charge in [-0.05, 0) is 30.2 Å². The second kappa shape index (κ2) is 15.5. The van der Waals surface area contributed by atoms with Crippen molar-refractivity contribution in [2.75, 3.05) is 6.61 Å². The van der Waals surface area contributed by atoms with Crippen LogP contribution < -0.4 is 4.74 Å². The number of ether oxygens (including phenoxy) is 1. The van der Waals surface area contributed by atoms with Crippen molar-refractivity contribution in [1.82, 2.24) is 0 Å². The number of hydrogen-bond acceptors (Lipinski definition) is 2. The van der Waals surface area contributed by atoms with Crippen LogP contribution in [0.5, 0.6) is 5.75 Å². The maximum Gasteiger partial charge on any atom is 0.328 e. The lowest BCUT2D eigenvalue weighted by Crippen LogP contribution is -1.97. The third kappa shape index (κ3) is 12.6. The summed E-state index contributed by atoms with van der Waals surface area (Å²) in [4.78, 5) is 10.5. The molecule has 0 radical (unpaired) electrons. The van der Waals surface area contributed by atoms with E-state index < -0.39 is 5.97 Å². The Labute approximate surface area is 159 Å². The second-order valence-corrected chi connectivity index (χ2v) is 6.98. The highest BCUT2D eigenvalue weighted by molar-refractivity contribution is 5.85. The first-order valence-electron chi connectivity index (χ1n) is 10.4. The predicted molar refractivity (Wildman–Crippen MR) is 110 cm³/mol. The van der Waals surface area contributed by atoms with Gasteiger partial charge < -0.3 is 9.84 Å². The summed E-state index contributed by atoms with van der Waals surface area (Å²) in [5.74, 6) is -0.0853. The minimum Gasteiger partial charge on any atom is -0.494 e. The van der Waals surface area contributed by atoms with E-state index in [1.165, 1.54) is 70.6 Å². The highest BCUT2D eigenvalue weighted by atomic mass is 16.5. The lowest BCUT2D eigenvalue weighted by atomic mass is 10.1. The van der Waals surface area contributed by atoms with Crippen molar-refractivity contribution < 1.29 is 14.6 Å². The van der Waals surface area contributed by atoms with Crippen molar-refractivity contribution in [3.05, 3.63) is 35.9 Å². The third-order valence-electron chi connectivity index (χ3n) is 4.57. The van der Waals surface area contributed by atoms with E-state index in [9.17, 15) is 4.79 Å². The van der Waals surface area contributed by atoms with Crippen LogP contribution in [-0.4, -0.2) is 17.7 Å². The lowest BCUT2D eigenvalue weighted by molar-refractivity contribution is -0.131. The summed E-state index contributed by atoms with van der Waals surface area (Å²) in [6.45, 7) is 3.02. The molecule has 0 spiro atoms. The first-order chi connectivity index (χ1) is 12.7. The minimum absolute atomic E-state index is 0.752. The molecular weight excluding hydrogens is 324 g/mol. The molecule has 0 atom stereocenters. The molecule has 0 amide bonds. The van der Waals surface area contributed by atoms with E-state index in [1.807, 2.05) is 24.3 Å². The Morgan fingerprint density at radius 1 is 0.846 bits per heavy atom. The maximum absolute atomic E-state index is 10.5. The van der Waals surface area contributed by atoms with Gasteiger partial charge in [0.25, 0.3) is 0 Å². The van der Waals surface area contributed by atoms with Crippen molar-refractivity contribution in [2.24, 2.45) is 0 Å². The number of hydrogen-bond donors (Lipinski definition) is 1. The fourth-order valence-electron chi connectivity index (χ4n) is 2.98. The Kier molecular flexibility index (Phi) is 13.3. The van der Waals surface area contributed by atoms with Gasteiger partial charge in [-0.3, -0.25) is 0 Å². The highest BCUT2D eigenvalue weighted by Crippen LogP contribution is 2.15. The van der Waals surface area contributed by atoms with Gasteiger partial charge in [-0.2, -0.15) is 0 Å². The van der Waals surface area contributed by atoms with Crippen LogP contribution in [0.2, 0.25) is 0 Å². The van der Waals surface area contributed by atoms with Gasteiger partial charge in [0.05, 0.1) is 6.61 Å². The number of carbonyl (C=O) groups is 1. The Morgan fingerprint density at radius 2 is 1.35 bits per heavy atom. The van der Waals surface area contributed by atoms with E-state index in [0.717, 1.165) is 30.4 Å². The molecule has 0 saturated heterocycles. The molecule has 0 heterocycles. The molecule has 0 fully saturated rings. The van der Waals surface area contributed by atoms with Crippen LogP contribution in [0.15, 0.2) is 30.3 Å². The minimum atomic E-state index is -0.933. The van der Waals surface area contributed by atoms with Gasteiger partial charge >= 0.3 is 5.97 Å². The monoisotopic (exact) mass is 360 g/mol. The van der Waals surface area contributed by atoms with Gasteiger partial charge in [-0.1, -0.05) is 89.7 Å². The van der Waals surface area contributed by atoms with Crippen LogP contribution >= 0.6 is 0 Å². The molecule has 1 rings (SSSR count). The molecule has 1 aromatic carbocycles. The van der Waals surface area contributed by atoms with Crippen molar-refractivity contribution in [1.29, 1.82) is 0 Å². The highest BCUT2D eigenvalue weighted by Gasteiger charge is 1.96. The van der Waals surface area contributed by atoms with Crippen LogP contribution in [-0.2, 0) is 4.79 Å². The molecule has 26 heavy (non-hydrogen) atoms. The Morgan fingerprint density at radius 3 is 1.85 bits per heavy atom. The Hall–Kier alpha value is -1.77. The van der Waals surface area contributed by atoms with Crippen LogP contribution in [0.25, 0.3) is 6.08 Å². The summed E-state index contributed by atoms with van der Waals surface area (Å²) in [5, 5.41) is 8.60. The smallest absolute Gasteiger partial charge is 0.328 e. The average Bonchev–Trinajstić information content (AvgIpc) is 2.64. The number of carboxylic acid groups (broad SMARTS) is 1. The molecule has 3 heteroatoms. The van der Waals surface area contributed by atoms with Gasteiger partial charge in [0.15, 0.2) is 0 Å².